The third-order valence-electron chi connectivity index (χ3n) is 3.71. The fraction of sp³-hybridized carbons (Fsp3) is 0.500. The molecule has 1 aromatic carbocycles. The summed E-state index contributed by atoms with van der Waals surface area (Å²) in [4.78, 5) is 0.979. The predicted molar refractivity (Wildman–Crippen MR) is 80.6 cm³/mol. The number of halogens is 3. The normalized spacial score (nSPS) is 18.1. The molecule has 0 saturated carbocycles. The first-order chi connectivity index (χ1) is 11.2. The van der Waals surface area contributed by atoms with Gasteiger partial charge in [0.15, 0.2) is 0 Å². The molecule has 24 heavy (non-hydrogen) atoms. The fourth-order valence-corrected chi connectivity index (χ4v) is 3.53. The van der Waals surface area contributed by atoms with Gasteiger partial charge >= 0.3 is 6.18 Å². The van der Waals surface area contributed by atoms with E-state index in [0.29, 0.717) is 13.1 Å². The maximum atomic E-state index is 13.3. The molecule has 0 aromatic heterocycles. The number of sulfonamides is 1. The van der Waals surface area contributed by atoms with Crippen molar-refractivity contribution in [2.75, 3.05) is 32.7 Å². The smallest absolute Gasteiger partial charge is 0.314 e. The van der Waals surface area contributed by atoms with Crippen molar-refractivity contribution in [2.45, 2.75) is 17.1 Å². The Morgan fingerprint density at radius 3 is 2.58 bits per heavy atom. The van der Waals surface area contributed by atoms with Crippen molar-refractivity contribution in [1.29, 1.82) is 5.26 Å². The van der Waals surface area contributed by atoms with Crippen LogP contribution in [0.1, 0.15) is 5.56 Å². The molecule has 10 heteroatoms. The second kappa shape index (κ2) is 7.48. The molecule has 1 saturated heterocycles. The number of hydrogen-bond donors (Lipinski definition) is 2. The van der Waals surface area contributed by atoms with Crippen molar-refractivity contribution in [3.8, 4) is 6.07 Å². The third kappa shape index (κ3) is 4.67. The molecule has 1 aliphatic heterocycles. The van der Waals surface area contributed by atoms with Crippen LogP contribution >= 0.6 is 0 Å². The summed E-state index contributed by atoms with van der Waals surface area (Å²) < 4.78 is 66.2. The van der Waals surface area contributed by atoms with Crippen molar-refractivity contribution in [1.82, 2.24) is 14.9 Å². The first-order valence-electron chi connectivity index (χ1n) is 7.25. The van der Waals surface area contributed by atoms with Crippen LogP contribution in [0.3, 0.4) is 0 Å². The molecule has 0 bridgehead atoms. The Kier molecular flexibility index (Phi) is 5.82. The van der Waals surface area contributed by atoms with Gasteiger partial charge in [0.1, 0.15) is 6.04 Å². The average Bonchev–Trinajstić information content (AvgIpc) is 2.54. The molecule has 1 unspecified atom stereocenters. The van der Waals surface area contributed by atoms with Crippen LogP contribution in [0, 0.1) is 11.3 Å². The minimum absolute atomic E-state index is 0.118. The molecule has 132 valence electrons. The van der Waals surface area contributed by atoms with E-state index in [1.54, 1.807) is 6.07 Å². The van der Waals surface area contributed by atoms with E-state index >= 15 is 0 Å². The van der Waals surface area contributed by atoms with Crippen LogP contribution in [-0.4, -0.2) is 58.3 Å². The molecule has 1 atom stereocenters. The van der Waals surface area contributed by atoms with Gasteiger partial charge in [0.2, 0.25) is 10.0 Å². The molecule has 1 aromatic rings. The van der Waals surface area contributed by atoms with Gasteiger partial charge < -0.3 is 5.32 Å². The van der Waals surface area contributed by atoms with E-state index in [2.05, 4.69) is 5.32 Å². The average molecular weight is 362 g/mol. The molecule has 1 aliphatic rings. The molecule has 0 spiro atoms. The fourth-order valence-electron chi connectivity index (χ4n) is 2.45. The number of nitrogens with zero attached hydrogens (tertiary/aromatic N) is 2. The lowest BCUT2D eigenvalue weighted by Gasteiger charge is -2.35. The summed E-state index contributed by atoms with van der Waals surface area (Å²) in [5, 5.41) is 11.7. The Labute approximate surface area is 138 Å². The zero-order chi connectivity index (χ0) is 17.8. The van der Waals surface area contributed by atoms with Crippen LogP contribution in [0.5, 0.6) is 0 Å². The van der Waals surface area contributed by atoms with Crippen LogP contribution < -0.4 is 10.0 Å². The topological polar surface area (TPSA) is 85.2 Å². The highest BCUT2D eigenvalue weighted by molar-refractivity contribution is 7.89. The number of nitriles is 1. The zero-order valence-electron chi connectivity index (χ0n) is 12.7. The van der Waals surface area contributed by atoms with Gasteiger partial charge in [-0.3, -0.25) is 4.90 Å². The van der Waals surface area contributed by atoms with Crippen molar-refractivity contribution in [3.63, 3.8) is 0 Å². The second-order valence-electron chi connectivity index (χ2n) is 5.33. The molecule has 6 nitrogen and oxygen atoms in total. The van der Waals surface area contributed by atoms with Crippen LogP contribution in [-0.2, 0) is 10.0 Å². The maximum Gasteiger partial charge on any atom is 0.405 e. The first-order valence-corrected chi connectivity index (χ1v) is 8.73. The molecule has 1 fully saturated rings. The predicted octanol–water partition coefficient (Wildman–Crippen LogP) is 0.673. The number of nitrogens with one attached hydrogen (secondary N) is 2. The minimum Gasteiger partial charge on any atom is -0.314 e. The number of piperazine rings is 1. The summed E-state index contributed by atoms with van der Waals surface area (Å²) in [5.74, 6) is 0. The summed E-state index contributed by atoms with van der Waals surface area (Å²) in [6, 6.07) is 5.03. The summed E-state index contributed by atoms with van der Waals surface area (Å²) in [5.41, 5.74) is 0.118. The Balaban J connectivity index is 2.14. The van der Waals surface area contributed by atoms with E-state index in [0.717, 1.165) is 6.07 Å². The van der Waals surface area contributed by atoms with Crippen LogP contribution in [0.15, 0.2) is 29.2 Å². The van der Waals surface area contributed by atoms with Gasteiger partial charge in [0, 0.05) is 32.7 Å². The zero-order valence-corrected chi connectivity index (χ0v) is 13.5. The van der Waals surface area contributed by atoms with Crippen molar-refractivity contribution >= 4 is 10.0 Å². The standard InChI is InChI=1S/C14H17F3N4O2S/c15-14(16,17)13(21-6-4-19-5-7-21)10-20-24(22,23)12-3-1-2-11(8-12)9-18/h1-3,8,13,19-20H,4-7,10H2. The number of benzene rings is 1. The van der Waals surface area contributed by atoms with E-state index in [4.69, 9.17) is 5.26 Å². The van der Waals surface area contributed by atoms with Gasteiger partial charge in [-0.05, 0) is 18.2 Å². The van der Waals surface area contributed by atoms with E-state index in [9.17, 15) is 21.6 Å². The van der Waals surface area contributed by atoms with Crippen LogP contribution in [0.4, 0.5) is 13.2 Å². The van der Waals surface area contributed by atoms with Crippen molar-refractivity contribution < 1.29 is 21.6 Å². The molecule has 0 aliphatic carbocycles. The monoisotopic (exact) mass is 362 g/mol. The Hall–Kier alpha value is -1.67. The van der Waals surface area contributed by atoms with Gasteiger partial charge in [-0.2, -0.15) is 18.4 Å². The lowest BCUT2D eigenvalue weighted by molar-refractivity contribution is -0.182. The summed E-state index contributed by atoms with van der Waals surface area (Å²) in [7, 11) is -4.13. The molecule has 2 N–H and O–H groups in total. The van der Waals surface area contributed by atoms with Gasteiger partial charge in [-0.25, -0.2) is 13.1 Å². The molecule has 0 amide bonds. The highest BCUT2D eigenvalue weighted by Crippen LogP contribution is 2.25. The maximum absolute atomic E-state index is 13.3. The van der Waals surface area contributed by atoms with Crippen LogP contribution in [0.2, 0.25) is 0 Å². The highest BCUT2D eigenvalue weighted by atomic mass is 32.2. The van der Waals surface area contributed by atoms with Gasteiger partial charge in [0.05, 0.1) is 16.5 Å². The SMILES string of the molecule is N#Cc1cccc(S(=O)(=O)NCC(N2CCNCC2)C(F)(F)F)c1. The second-order valence-corrected chi connectivity index (χ2v) is 7.10. The number of alkyl halides is 3. The molecular formula is C14H17F3N4O2S. The number of rotatable bonds is 5. The summed E-state index contributed by atoms with van der Waals surface area (Å²) >= 11 is 0. The van der Waals surface area contributed by atoms with E-state index in [-0.39, 0.29) is 23.5 Å². The lowest BCUT2D eigenvalue weighted by Crippen LogP contribution is -2.57. The van der Waals surface area contributed by atoms with E-state index in [1.165, 1.54) is 23.1 Å². The van der Waals surface area contributed by atoms with E-state index in [1.807, 2.05) is 4.72 Å². The van der Waals surface area contributed by atoms with Gasteiger partial charge in [0.25, 0.3) is 0 Å². The summed E-state index contributed by atoms with van der Waals surface area (Å²) in [6.45, 7) is 0.446. The highest BCUT2D eigenvalue weighted by Gasteiger charge is 2.44. The number of hydrogen-bond acceptors (Lipinski definition) is 5. The minimum atomic E-state index is -4.55. The lowest BCUT2D eigenvalue weighted by atomic mass is 10.2. The molecular weight excluding hydrogens is 345 g/mol. The largest absolute Gasteiger partial charge is 0.405 e. The van der Waals surface area contributed by atoms with Crippen molar-refractivity contribution in [3.05, 3.63) is 29.8 Å². The van der Waals surface area contributed by atoms with Gasteiger partial charge in [-0.1, -0.05) is 6.07 Å². The quantitative estimate of drug-likeness (QED) is 0.804. The Morgan fingerprint density at radius 2 is 2.00 bits per heavy atom. The summed E-state index contributed by atoms with van der Waals surface area (Å²) in [6.07, 6.45) is -4.55. The van der Waals surface area contributed by atoms with E-state index < -0.39 is 28.8 Å². The van der Waals surface area contributed by atoms with Crippen LogP contribution in [0.25, 0.3) is 0 Å². The Bertz CT molecular complexity index is 709. The molecule has 1 heterocycles. The van der Waals surface area contributed by atoms with Crippen molar-refractivity contribution in [2.24, 2.45) is 0 Å². The molecule has 2 rings (SSSR count). The Morgan fingerprint density at radius 1 is 1.33 bits per heavy atom. The first kappa shape index (κ1) is 18.7. The third-order valence-corrected chi connectivity index (χ3v) is 5.13. The molecule has 0 radical (unpaired) electrons. The van der Waals surface area contributed by atoms with Gasteiger partial charge in [-0.15, -0.1) is 0 Å².